The van der Waals surface area contributed by atoms with Gasteiger partial charge in [0, 0.05) is 6.42 Å². The van der Waals surface area contributed by atoms with Gasteiger partial charge in [-0.2, -0.15) is 0 Å². The van der Waals surface area contributed by atoms with E-state index in [1.807, 2.05) is 0 Å². The van der Waals surface area contributed by atoms with Gasteiger partial charge in [0.15, 0.2) is 0 Å². The quantitative estimate of drug-likeness (QED) is 0.0420. The van der Waals surface area contributed by atoms with Gasteiger partial charge in [-0.15, -0.1) is 0 Å². The van der Waals surface area contributed by atoms with Crippen molar-refractivity contribution in [1.29, 1.82) is 0 Å². The Morgan fingerprint density at radius 2 is 0.647 bits per heavy atom. The molecule has 0 aliphatic heterocycles. The Balaban J connectivity index is 3.52. The molecule has 0 aliphatic rings. The monoisotopic (exact) mass is 946 g/mol. The molecular formula is C64H115NO3. The minimum Gasteiger partial charge on any atom is -0.394 e. The van der Waals surface area contributed by atoms with Crippen LogP contribution < -0.4 is 5.32 Å². The lowest BCUT2D eigenvalue weighted by Crippen LogP contribution is -2.45. The minimum atomic E-state index is -0.669. The lowest BCUT2D eigenvalue weighted by molar-refractivity contribution is -0.123. The summed E-state index contributed by atoms with van der Waals surface area (Å²) in [6, 6.07) is -0.546. The molecule has 3 N–H and O–H groups in total. The van der Waals surface area contributed by atoms with Crippen LogP contribution in [0.2, 0.25) is 0 Å². The number of aliphatic hydroxyl groups is 2. The van der Waals surface area contributed by atoms with Crippen LogP contribution in [-0.2, 0) is 4.79 Å². The number of amides is 1. The van der Waals surface area contributed by atoms with Crippen molar-refractivity contribution in [3.05, 3.63) is 85.1 Å². The van der Waals surface area contributed by atoms with E-state index in [4.69, 9.17) is 0 Å². The van der Waals surface area contributed by atoms with E-state index >= 15 is 0 Å². The topological polar surface area (TPSA) is 69.6 Å². The van der Waals surface area contributed by atoms with E-state index < -0.39 is 12.1 Å². The van der Waals surface area contributed by atoms with Crippen molar-refractivity contribution in [1.82, 2.24) is 5.32 Å². The van der Waals surface area contributed by atoms with E-state index in [1.165, 1.54) is 199 Å². The van der Waals surface area contributed by atoms with Crippen molar-refractivity contribution in [2.24, 2.45) is 0 Å². The maximum absolute atomic E-state index is 12.5. The predicted octanol–water partition coefficient (Wildman–Crippen LogP) is 19.9. The van der Waals surface area contributed by atoms with Crippen LogP contribution in [0.3, 0.4) is 0 Å². The zero-order valence-electron chi connectivity index (χ0n) is 45.4. The third-order valence-corrected chi connectivity index (χ3v) is 13.4. The van der Waals surface area contributed by atoms with Gasteiger partial charge in [0.25, 0.3) is 0 Å². The van der Waals surface area contributed by atoms with Crippen LogP contribution in [0.1, 0.15) is 296 Å². The highest BCUT2D eigenvalue weighted by Gasteiger charge is 2.20. The molecule has 0 saturated heterocycles. The fourth-order valence-electron chi connectivity index (χ4n) is 8.93. The maximum atomic E-state index is 12.5. The molecule has 0 aromatic carbocycles. The molecule has 0 aromatic rings. The molecule has 1 amide bonds. The summed E-state index contributed by atoms with van der Waals surface area (Å²) in [6.07, 6.45) is 85.8. The molecule has 0 aromatic heterocycles. The van der Waals surface area contributed by atoms with Crippen molar-refractivity contribution in [3.8, 4) is 0 Å². The number of hydrogen-bond acceptors (Lipinski definition) is 3. The fraction of sp³-hybridized carbons (Fsp3) is 0.766. The number of nitrogens with one attached hydrogen (secondary N) is 1. The molecule has 394 valence electrons. The Morgan fingerprint density at radius 3 is 0.971 bits per heavy atom. The van der Waals surface area contributed by atoms with Gasteiger partial charge >= 0.3 is 0 Å². The van der Waals surface area contributed by atoms with Gasteiger partial charge in [0.2, 0.25) is 5.91 Å². The molecule has 2 unspecified atom stereocenters. The number of hydrogen-bond donors (Lipinski definition) is 3. The Morgan fingerprint density at radius 1 is 0.368 bits per heavy atom. The van der Waals surface area contributed by atoms with Crippen LogP contribution in [0.5, 0.6) is 0 Å². The number of carbonyl (C=O) groups is 1. The first-order chi connectivity index (χ1) is 33.7. The normalized spacial score (nSPS) is 13.4. The summed E-state index contributed by atoms with van der Waals surface area (Å²) < 4.78 is 0. The summed E-state index contributed by atoms with van der Waals surface area (Å²) in [7, 11) is 0. The Labute approximate surface area is 424 Å². The summed E-state index contributed by atoms with van der Waals surface area (Å²) in [5, 5.41) is 23.4. The first-order valence-electron chi connectivity index (χ1n) is 29.8. The van der Waals surface area contributed by atoms with Gasteiger partial charge in [-0.1, -0.05) is 304 Å². The molecule has 0 rings (SSSR count). The van der Waals surface area contributed by atoms with Crippen LogP contribution in [0.15, 0.2) is 85.1 Å². The van der Waals surface area contributed by atoms with Gasteiger partial charge < -0.3 is 15.5 Å². The number of unbranched alkanes of at least 4 members (excludes halogenated alkanes) is 33. The molecule has 4 heteroatoms. The van der Waals surface area contributed by atoms with E-state index in [0.29, 0.717) is 12.8 Å². The lowest BCUT2D eigenvalue weighted by Gasteiger charge is -2.22. The van der Waals surface area contributed by atoms with Crippen molar-refractivity contribution in [3.63, 3.8) is 0 Å². The Kier molecular flexibility index (Phi) is 56.8. The fourth-order valence-corrected chi connectivity index (χ4v) is 8.93. The zero-order chi connectivity index (χ0) is 49.2. The molecule has 0 bridgehead atoms. The molecular weight excluding hydrogens is 831 g/mol. The number of carbonyl (C=O) groups excluding carboxylic acids is 1. The van der Waals surface area contributed by atoms with Crippen molar-refractivity contribution in [2.75, 3.05) is 6.61 Å². The standard InChI is InChI=1S/C64H115NO3/c1-3-5-7-9-11-13-15-17-19-21-23-25-27-29-30-31-32-33-34-36-38-40-42-44-46-48-50-52-54-56-58-60-64(68)65-62(61-66)63(67)59-57-55-53-51-49-47-45-43-41-39-37-35-28-26-24-22-20-18-16-14-12-10-8-6-4-2/h5,7,11,13,17,19,23,25,29-30,32-33,36,38,62-63,66-67H,3-4,6,8-10,12,14-16,18,20-22,24,26-28,31,34-35,37,39-61H2,1-2H3,(H,65,68)/b7-5-,13-11-,19-17-,25-23-,30-29-,33-32-,38-36-. The molecule has 2 atom stereocenters. The summed E-state index contributed by atoms with van der Waals surface area (Å²) >= 11 is 0. The lowest BCUT2D eigenvalue weighted by atomic mass is 10.0. The molecule has 0 radical (unpaired) electrons. The Hall–Kier alpha value is -2.43. The number of rotatable bonds is 54. The highest BCUT2D eigenvalue weighted by atomic mass is 16.3. The van der Waals surface area contributed by atoms with E-state index in [0.717, 1.165) is 70.6 Å². The molecule has 68 heavy (non-hydrogen) atoms. The SMILES string of the molecule is CC/C=C\C/C=C\C/C=C\C/C=C\C/C=C\C/C=C\C/C=C\CCCCCCCCCCCC(=O)NC(CO)C(O)CCCCCCCCCCCCCCCCCCCCCCCCCCC. The second-order valence-corrected chi connectivity index (χ2v) is 20.0. The van der Waals surface area contributed by atoms with Gasteiger partial charge in [-0.25, -0.2) is 0 Å². The van der Waals surface area contributed by atoms with Crippen molar-refractivity contribution < 1.29 is 15.0 Å². The van der Waals surface area contributed by atoms with E-state index in [-0.39, 0.29) is 12.5 Å². The average molecular weight is 947 g/mol. The highest BCUT2D eigenvalue weighted by Crippen LogP contribution is 2.17. The molecule has 0 spiro atoms. The van der Waals surface area contributed by atoms with E-state index in [9.17, 15) is 15.0 Å². The van der Waals surface area contributed by atoms with Gasteiger partial charge in [0.05, 0.1) is 18.8 Å². The summed E-state index contributed by atoms with van der Waals surface area (Å²) in [6.45, 7) is 4.26. The van der Waals surface area contributed by atoms with Crippen LogP contribution >= 0.6 is 0 Å². The number of allylic oxidation sites excluding steroid dienone is 14. The summed E-state index contributed by atoms with van der Waals surface area (Å²) in [4.78, 5) is 12.5. The molecule has 0 heterocycles. The molecule has 0 fully saturated rings. The maximum Gasteiger partial charge on any atom is 0.220 e. The minimum absolute atomic E-state index is 0.0377. The summed E-state index contributed by atoms with van der Waals surface area (Å²) in [5.41, 5.74) is 0. The average Bonchev–Trinajstić information content (AvgIpc) is 3.34. The predicted molar refractivity (Wildman–Crippen MR) is 303 cm³/mol. The van der Waals surface area contributed by atoms with Gasteiger partial charge in [-0.05, 0) is 70.6 Å². The number of aliphatic hydroxyl groups excluding tert-OH is 2. The first kappa shape index (κ1) is 65.6. The smallest absolute Gasteiger partial charge is 0.220 e. The zero-order valence-corrected chi connectivity index (χ0v) is 45.4. The van der Waals surface area contributed by atoms with E-state index in [1.54, 1.807) is 0 Å². The third kappa shape index (κ3) is 54.5. The largest absolute Gasteiger partial charge is 0.394 e. The highest BCUT2D eigenvalue weighted by molar-refractivity contribution is 5.76. The summed E-state index contributed by atoms with van der Waals surface area (Å²) in [5.74, 6) is -0.0377. The third-order valence-electron chi connectivity index (χ3n) is 13.4. The second-order valence-electron chi connectivity index (χ2n) is 20.0. The van der Waals surface area contributed by atoms with Crippen LogP contribution in [0.25, 0.3) is 0 Å². The van der Waals surface area contributed by atoms with E-state index in [2.05, 4.69) is 104 Å². The first-order valence-corrected chi connectivity index (χ1v) is 29.8. The van der Waals surface area contributed by atoms with Crippen molar-refractivity contribution in [2.45, 2.75) is 309 Å². The second kappa shape index (κ2) is 58.9. The van der Waals surface area contributed by atoms with Crippen molar-refractivity contribution >= 4 is 5.91 Å². The Bertz CT molecular complexity index is 1210. The molecule has 0 saturated carbocycles. The van der Waals surface area contributed by atoms with Gasteiger partial charge in [0.1, 0.15) is 0 Å². The van der Waals surface area contributed by atoms with Crippen LogP contribution in [0, 0.1) is 0 Å². The van der Waals surface area contributed by atoms with Gasteiger partial charge in [-0.3, -0.25) is 4.79 Å². The molecule has 4 nitrogen and oxygen atoms in total. The van der Waals surface area contributed by atoms with Crippen LogP contribution in [-0.4, -0.2) is 34.9 Å². The van der Waals surface area contributed by atoms with Crippen LogP contribution in [0.4, 0.5) is 0 Å². The molecule has 0 aliphatic carbocycles.